The highest BCUT2D eigenvalue weighted by molar-refractivity contribution is 6.20. The van der Waals surface area contributed by atoms with Gasteiger partial charge >= 0.3 is 0 Å². The molecule has 0 bridgehead atoms. The summed E-state index contributed by atoms with van der Waals surface area (Å²) in [5, 5.41) is 4.74. The fraction of sp³-hybridized carbons (Fsp3) is 0. The molecule has 0 aliphatic heterocycles. The van der Waals surface area contributed by atoms with Gasteiger partial charge in [0.15, 0.2) is 5.82 Å². The largest absolute Gasteiger partial charge is 0.228 e. The van der Waals surface area contributed by atoms with Gasteiger partial charge in [-0.25, -0.2) is 9.97 Å². The molecule has 8 aromatic carbocycles. The maximum Gasteiger partial charge on any atom is 0.160 e. The van der Waals surface area contributed by atoms with Crippen molar-refractivity contribution < 1.29 is 24.7 Å². The number of rotatable bonds is 5. The van der Waals surface area contributed by atoms with Crippen molar-refractivity contribution in [3.8, 4) is 56.2 Å². The zero-order valence-electron chi connectivity index (χ0n) is 42.8. The Labute approximate surface area is 304 Å². The highest BCUT2D eigenvalue weighted by Crippen LogP contribution is 2.40. The van der Waals surface area contributed by atoms with Crippen LogP contribution in [0.25, 0.3) is 88.5 Å². The molecular weight excluding hydrogens is 581 g/mol. The summed E-state index contributed by atoms with van der Waals surface area (Å²) in [5.74, 6) is -0.612. The summed E-state index contributed by atoms with van der Waals surface area (Å²) in [5.41, 5.74) is -3.20. The first-order valence-electron chi connectivity index (χ1n) is 23.9. The summed E-state index contributed by atoms with van der Waals surface area (Å²) in [7, 11) is 0. The number of aromatic nitrogens is 2. The molecule has 2 heteroatoms. The van der Waals surface area contributed by atoms with E-state index in [1.54, 1.807) is 6.07 Å². The van der Waals surface area contributed by atoms with Crippen molar-refractivity contribution in [3.63, 3.8) is 0 Å². The molecule has 0 aliphatic rings. The van der Waals surface area contributed by atoms with E-state index in [1.165, 1.54) is 0 Å². The predicted molar refractivity (Wildman–Crippen MR) is 202 cm³/mol. The smallest absolute Gasteiger partial charge is 0.160 e. The van der Waals surface area contributed by atoms with Crippen LogP contribution in [0.4, 0.5) is 0 Å². The SMILES string of the molecule is [2H]c1c([2H])c([2H])c(-c2nc(-c3c([2H])c([2H])c(-c4c([2H])c([2H])c([2H])c([2H])c4[2H])c([2H])c3[2H])cc(-c3c([2H])c([2H])c(-c4c5ccccc5cc5c4ccc4ccccc45)c([2H])c3[2H])n2)c([2H])c1[2H]. The minimum Gasteiger partial charge on any atom is -0.228 e. The molecule has 1 heterocycles. The number of hydrogen-bond donors (Lipinski definition) is 0. The highest BCUT2D eigenvalue weighted by atomic mass is 14.9. The van der Waals surface area contributed by atoms with Gasteiger partial charge in [-0.1, -0.05) is 169 Å². The molecule has 48 heavy (non-hydrogen) atoms. The summed E-state index contributed by atoms with van der Waals surface area (Å²) in [4.78, 5) is 8.90. The van der Waals surface area contributed by atoms with E-state index in [-0.39, 0.29) is 5.56 Å². The van der Waals surface area contributed by atoms with Gasteiger partial charge < -0.3 is 0 Å². The molecule has 0 saturated carbocycles. The van der Waals surface area contributed by atoms with E-state index < -0.39 is 154 Å². The minimum atomic E-state index is -0.835. The fourth-order valence-electron chi connectivity index (χ4n) is 5.77. The summed E-state index contributed by atoms with van der Waals surface area (Å²) in [6, 6.07) is 8.84. The Morgan fingerprint density at radius 2 is 0.875 bits per heavy atom. The van der Waals surface area contributed by atoms with Crippen molar-refractivity contribution in [1.29, 1.82) is 0 Å². The number of benzene rings is 8. The molecule has 0 unspecified atom stereocenters. The molecule has 224 valence electrons. The number of nitrogens with zero attached hydrogens (tertiary/aromatic N) is 2. The van der Waals surface area contributed by atoms with Gasteiger partial charge in [0.25, 0.3) is 0 Å². The maximum atomic E-state index is 9.52. The molecule has 0 aliphatic carbocycles. The molecule has 0 radical (unpaired) electrons. The zero-order valence-corrected chi connectivity index (χ0v) is 24.8. The van der Waals surface area contributed by atoms with Crippen molar-refractivity contribution in [3.05, 3.63) is 182 Å². The summed E-state index contributed by atoms with van der Waals surface area (Å²) in [6.45, 7) is 0. The van der Waals surface area contributed by atoms with Crippen molar-refractivity contribution in [2.24, 2.45) is 0 Å². The lowest BCUT2D eigenvalue weighted by molar-refractivity contribution is 1.18. The fourth-order valence-corrected chi connectivity index (χ4v) is 5.77. The number of hydrogen-bond acceptors (Lipinski definition) is 2. The summed E-state index contributed by atoms with van der Waals surface area (Å²) in [6.07, 6.45) is 0. The van der Waals surface area contributed by atoms with Crippen LogP contribution in [0, 0.1) is 0 Å². The molecule has 0 atom stereocenters. The van der Waals surface area contributed by atoms with E-state index in [9.17, 15) is 5.48 Å². The average molecular weight is 629 g/mol. The molecular formula is C46H30N2. The zero-order chi connectivity index (χ0) is 47.5. The van der Waals surface area contributed by atoms with E-state index in [0.29, 0.717) is 16.3 Å². The molecule has 2 nitrogen and oxygen atoms in total. The Balaban J connectivity index is 1.36. The van der Waals surface area contributed by atoms with E-state index in [1.807, 2.05) is 60.7 Å². The molecule has 1 aromatic heterocycles. The Morgan fingerprint density at radius 1 is 0.354 bits per heavy atom. The lowest BCUT2D eigenvalue weighted by Gasteiger charge is -2.15. The van der Waals surface area contributed by atoms with Crippen LogP contribution in [0.2, 0.25) is 0 Å². The molecule has 0 fully saturated rings. The van der Waals surface area contributed by atoms with E-state index in [0.717, 1.165) is 27.6 Å². The van der Waals surface area contributed by atoms with Gasteiger partial charge in [-0.15, -0.1) is 0 Å². The summed E-state index contributed by atoms with van der Waals surface area (Å²) >= 11 is 0. The first kappa shape index (κ1) is 15.0. The van der Waals surface area contributed by atoms with Crippen molar-refractivity contribution >= 4 is 32.3 Å². The molecule has 0 amide bonds. The van der Waals surface area contributed by atoms with Gasteiger partial charge in [0.1, 0.15) is 0 Å². The van der Waals surface area contributed by atoms with E-state index in [4.69, 9.17) is 19.2 Å². The Hall–Kier alpha value is -6.38. The van der Waals surface area contributed by atoms with Crippen LogP contribution < -0.4 is 0 Å². The van der Waals surface area contributed by atoms with Gasteiger partial charge in [-0.3, -0.25) is 0 Å². The van der Waals surface area contributed by atoms with Crippen LogP contribution in [0.15, 0.2) is 182 Å². The van der Waals surface area contributed by atoms with Crippen molar-refractivity contribution in [2.45, 2.75) is 0 Å². The monoisotopic (exact) mass is 628 g/mol. The van der Waals surface area contributed by atoms with E-state index >= 15 is 0 Å². The predicted octanol–water partition coefficient (Wildman–Crippen LogP) is 12.3. The second-order valence-corrected chi connectivity index (χ2v) is 10.8. The lowest BCUT2D eigenvalue weighted by atomic mass is 9.89. The van der Waals surface area contributed by atoms with Crippen LogP contribution in [0.3, 0.4) is 0 Å². The quantitative estimate of drug-likeness (QED) is 0.140. The second-order valence-electron chi connectivity index (χ2n) is 10.8. The van der Waals surface area contributed by atoms with Gasteiger partial charge in [0.2, 0.25) is 0 Å². The third-order valence-electron chi connectivity index (χ3n) is 7.98. The van der Waals surface area contributed by atoms with E-state index in [2.05, 4.69) is 9.97 Å². The maximum absolute atomic E-state index is 9.52. The first-order chi connectivity index (χ1) is 31.3. The van der Waals surface area contributed by atoms with Gasteiger partial charge in [-0.2, -0.15) is 0 Å². The van der Waals surface area contributed by atoms with Crippen molar-refractivity contribution in [2.75, 3.05) is 0 Å². The van der Waals surface area contributed by atoms with Crippen LogP contribution in [0.5, 0.6) is 0 Å². The van der Waals surface area contributed by atoms with Crippen LogP contribution in [-0.4, -0.2) is 9.97 Å². The first-order valence-corrected chi connectivity index (χ1v) is 14.9. The highest BCUT2D eigenvalue weighted by Gasteiger charge is 2.14. The summed E-state index contributed by atoms with van der Waals surface area (Å²) < 4.78 is 158. The Kier molecular flexibility index (Phi) is 3.68. The Morgan fingerprint density at radius 3 is 1.54 bits per heavy atom. The average Bonchev–Trinajstić information content (AvgIpc) is 3.31. The molecule has 0 spiro atoms. The van der Waals surface area contributed by atoms with Gasteiger partial charge in [-0.05, 0) is 66.7 Å². The Bertz CT molecular complexity index is 3530. The topological polar surface area (TPSA) is 25.8 Å². The third kappa shape index (κ3) is 5.01. The normalized spacial score (nSPS) is 16.6. The minimum absolute atomic E-state index is 0.0335. The molecule has 9 aromatic rings. The molecule has 9 rings (SSSR count). The van der Waals surface area contributed by atoms with Crippen LogP contribution >= 0.6 is 0 Å². The third-order valence-corrected chi connectivity index (χ3v) is 7.98. The number of fused-ring (bicyclic) bond motifs is 4. The molecule has 0 saturated heterocycles. The lowest BCUT2D eigenvalue weighted by Crippen LogP contribution is -1.96. The van der Waals surface area contributed by atoms with Crippen molar-refractivity contribution in [1.82, 2.24) is 9.97 Å². The van der Waals surface area contributed by atoms with Gasteiger partial charge in [0.05, 0.1) is 36.1 Å². The standard InChI is InChI=1S/C46H30N2/c1-3-11-31(12-4-1)32-19-21-34(22-20-32)43-30-44(48-46(47-43)37-14-5-2-6-15-37)35-23-25-36(26-24-35)45-40-18-10-8-16-38(40)29-42-39-17-9-7-13-33(39)27-28-41(42)45/h1-30H/i1D,2D,3D,4D,5D,6D,11D,12D,14D,15D,19D,20D,21D,22D,23D,24D,25D,26D. The second kappa shape index (κ2) is 11.8. The van der Waals surface area contributed by atoms with Crippen LogP contribution in [-0.2, 0) is 0 Å². The van der Waals surface area contributed by atoms with Crippen LogP contribution in [0.1, 0.15) is 24.7 Å². The molecule has 0 N–H and O–H groups in total. The van der Waals surface area contributed by atoms with Gasteiger partial charge in [0, 0.05) is 16.7 Å².